The van der Waals surface area contributed by atoms with Crippen molar-refractivity contribution >= 4 is 15.7 Å². The summed E-state index contributed by atoms with van der Waals surface area (Å²) in [5.74, 6) is 0.566. The van der Waals surface area contributed by atoms with Crippen LogP contribution in [0, 0.1) is 6.92 Å². The Bertz CT molecular complexity index is 1480. The van der Waals surface area contributed by atoms with Crippen LogP contribution in [0.1, 0.15) is 49.8 Å². The zero-order valence-corrected chi connectivity index (χ0v) is 24.9. The van der Waals surface area contributed by atoms with Crippen molar-refractivity contribution in [3.8, 4) is 0 Å². The maximum Gasteiger partial charge on any atom is 0.0435 e. The zero-order valence-electron chi connectivity index (χ0n) is 24.0. The number of hydrogen-bond acceptors (Lipinski definition) is 1. The molecule has 0 bridgehead atoms. The van der Waals surface area contributed by atoms with E-state index in [1.165, 1.54) is 42.0 Å². The Morgan fingerprint density at radius 2 is 1.12 bits per heavy atom. The van der Waals surface area contributed by atoms with Crippen LogP contribution in [0.25, 0.3) is 0 Å². The Hall–Kier alpha value is -3.75. The molecular weight excluding hydrogens is 502 g/mol. The molecule has 0 aliphatic carbocycles. The standard InChI is InChI=1S/C38H39NS/c1-29-20-25-36-30(2)27-38(3,4)39(37(36)26-29)28-31-21-23-35(24-22-31)40(32-14-8-5-9-15-32,33-16-10-6-11-17-33)34-18-12-7-13-19-34/h5-26,30H,27-28H2,1-4H3. The number of hydrogen-bond donors (Lipinski definition) is 0. The summed E-state index contributed by atoms with van der Waals surface area (Å²) in [5, 5.41) is 0. The highest BCUT2D eigenvalue weighted by Crippen LogP contribution is 2.73. The minimum Gasteiger partial charge on any atom is -0.362 e. The molecule has 0 N–H and O–H groups in total. The highest BCUT2D eigenvalue weighted by atomic mass is 32.3. The molecule has 0 saturated carbocycles. The predicted octanol–water partition coefficient (Wildman–Crippen LogP) is 10.6. The minimum atomic E-state index is -1.66. The molecule has 0 radical (unpaired) electrons. The zero-order chi connectivity index (χ0) is 27.7. The maximum atomic E-state index is 2.63. The van der Waals surface area contributed by atoms with Crippen LogP contribution in [0.3, 0.4) is 0 Å². The molecule has 5 aromatic carbocycles. The first-order valence-corrected chi connectivity index (χ1v) is 16.0. The molecular formula is C38H39NS. The third-order valence-electron chi connectivity index (χ3n) is 8.45. The van der Waals surface area contributed by atoms with Gasteiger partial charge in [0, 0.05) is 37.4 Å². The molecule has 1 aliphatic heterocycles. The van der Waals surface area contributed by atoms with Crippen molar-refractivity contribution in [1.82, 2.24) is 0 Å². The third-order valence-corrected chi connectivity index (χ3v) is 12.4. The van der Waals surface area contributed by atoms with Crippen molar-refractivity contribution in [3.63, 3.8) is 0 Å². The fourth-order valence-electron chi connectivity index (χ4n) is 6.57. The SMILES string of the molecule is Cc1ccc2c(c1)N(Cc1ccc(S(c3ccccc3)(c3ccccc3)c3ccccc3)cc1)C(C)(C)CC2C. The summed E-state index contributed by atoms with van der Waals surface area (Å²) in [6.07, 6.45) is 1.16. The quantitative estimate of drug-likeness (QED) is 0.207. The predicted molar refractivity (Wildman–Crippen MR) is 171 cm³/mol. The van der Waals surface area contributed by atoms with Crippen molar-refractivity contribution in [3.05, 3.63) is 150 Å². The van der Waals surface area contributed by atoms with Gasteiger partial charge in [-0.05, 0) is 104 Å². The largest absolute Gasteiger partial charge is 0.362 e. The van der Waals surface area contributed by atoms with Crippen LogP contribution < -0.4 is 4.90 Å². The van der Waals surface area contributed by atoms with Crippen LogP contribution in [-0.4, -0.2) is 5.54 Å². The summed E-state index contributed by atoms with van der Waals surface area (Å²) in [5.41, 5.74) is 5.63. The first kappa shape index (κ1) is 26.5. The molecule has 40 heavy (non-hydrogen) atoms. The Kier molecular flexibility index (Phi) is 7.06. The van der Waals surface area contributed by atoms with Gasteiger partial charge >= 0.3 is 0 Å². The second kappa shape index (κ2) is 10.7. The molecule has 202 valence electrons. The third kappa shape index (κ3) is 4.65. The van der Waals surface area contributed by atoms with Gasteiger partial charge in [-0.1, -0.05) is 85.8 Å². The van der Waals surface area contributed by atoms with E-state index in [2.05, 4.69) is 166 Å². The van der Waals surface area contributed by atoms with Gasteiger partial charge in [-0.15, -0.1) is 10.0 Å². The number of nitrogens with zero attached hydrogens (tertiary/aromatic N) is 1. The number of fused-ring (bicyclic) bond motifs is 1. The van der Waals surface area contributed by atoms with E-state index in [-0.39, 0.29) is 5.54 Å². The molecule has 1 atom stereocenters. The number of benzene rings is 5. The molecule has 0 fully saturated rings. The van der Waals surface area contributed by atoms with E-state index in [1.54, 1.807) is 0 Å². The second-order valence-corrected chi connectivity index (χ2v) is 14.9. The van der Waals surface area contributed by atoms with E-state index in [9.17, 15) is 0 Å². The Labute approximate surface area is 241 Å². The first-order chi connectivity index (χ1) is 19.4. The van der Waals surface area contributed by atoms with Gasteiger partial charge in [-0.3, -0.25) is 0 Å². The van der Waals surface area contributed by atoms with Crippen LogP contribution in [0.2, 0.25) is 0 Å². The van der Waals surface area contributed by atoms with Gasteiger partial charge in [0.2, 0.25) is 0 Å². The molecule has 0 saturated heterocycles. The molecule has 0 spiro atoms. The van der Waals surface area contributed by atoms with Crippen molar-refractivity contribution < 1.29 is 0 Å². The van der Waals surface area contributed by atoms with Crippen molar-refractivity contribution in [2.24, 2.45) is 0 Å². The molecule has 6 rings (SSSR count). The Morgan fingerprint density at radius 3 is 1.62 bits per heavy atom. The number of rotatable bonds is 6. The van der Waals surface area contributed by atoms with E-state index in [1.807, 2.05) is 0 Å². The van der Waals surface area contributed by atoms with Gasteiger partial charge < -0.3 is 4.90 Å². The topological polar surface area (TPSA) is 3.24 Å². The van der Waals surface area contributed by atoms with Gasteiger partial charge in [0.25, 0.3) is 0 Å². The average molecular weight is 542 g/mol. The molecule has 1 heterocycles. The summed E-state index contributed by atoms with van der Waals surface area (Å²) in [6.45, 7) is 10.3. The lowest BCUT2D eigenvalue weighted by atomic mass is 9.79. The molecule has 2 heteroatoms. The molecule has 0 aromatic heterocycles. The van der Waals surface area contributed by atoms with Crippen LogP contribution in [0.4, 0.5) is 5.69 Å². The highest BCUT2D eigenvalue weighted by Gasteiger charge is 2.37. The lowest BCUT2D eigenvalue weighted by molar-refractivity contribution is 0.374. The van der Waals surface area contributed by atoms with Crippen molar-refractivity contribution in [1.29, 1.82) is 0 Å². The molecule has 0 amide bonds. The van der Waals surface area contributed by atoms with Gasteiger partial charge in [-0.25, -0.2) is 0 Å². The van der Waals surface area contributed by atoms with Gasteiger partial charge in [0.05, 0.1) is 0 Å². The maximum absolute atomic E-state index is 2.63. The summed E-state index contributed by atoms with van der Waals surface area (Å²) < 4.78 is 0. The summed E-state index contributed by atoms with van der Waals surface area (Å²) in [6, 6.07) is 49.8. The lowest BCUT2D eigenvalue weighted by Gasteiger charge is -2.48. The van der Waals surface area contributed by atoms with E-state index >= 15 is 0 Å². The van der Waals surface area contributed by atoms with Gasteiger partial charge in [-0.2, -0.15) is 0 Å². The van der Waals surface area contributed by atoms with Gasteiger partial charge in [0.15, 0.2) is 0 Å². The second-order valence-electron chi connectivity index (χ2n) is 11.8. The number of aryl methyl sites for hydroxylation is 1. The normalized spacial score (nSPS) is 16.8. The molecule has 1 unspecified atom stereocenters. The van der Waals surface area contributed by atoms with E-state index in [0.29, 0.717) is 5.92 Å². The fourth-order valence-corrected chi connectivity index (χ4v) is 10.4. The summed E-state index contributed by atoms with van der Waals surface area (Å²) >= 11 is 0. The van der Waals surface area contributed by atoms with E-state index in [0.717, 1.165) is 13.0 Å². The van der Waals surface area contributed by atoms with Crippen LogP contribution >= 0.6 is 10.0 Å². The summed E-state index contributed by atoms with van der Waals surface area (Å²) in [4.78, 5) is 8.07. The fraction of sp³-hybridized carbons (Fsp3) is 0.211. The average Bonchev–Trinajstić information content (AvgIpc) is 2.98. The monoisotopic (exact) mass is 541 g/mol. The van der Waals surface area contributed by atoms with Crippen molar-refractivity contribution in [2.75, 3.05) is 4.90 Å². The van der Waals surface area contributed by atoms with E-state index in [4.69, 9.17) is 0 Å². The van der Waals surface area contributed by atoms with Crippen molar-refractivity contribution in [2.45, 2.75) is 71.7 Å². The first-order valence-electron chi connectivity index (χ1n) is 14.4. The lowest BCUT2D eigenvalue weighted by Crippen LogP contribution is -2.47. The Morgan fingerprint density at radius 1 is 0.650 bits per heavy atom. The van der Waals surface area contributed by atoms with E-state index < -0.39 is 10.0 Å². The van der Waals surface area contributed by atoms with Gasteiger partial charge in [0.1, 0.15) is 0 Å². The van der Waals surface area contributed by atoms with Crippen LogP contribution in [0.15, 0.2) is 153 Å². The van der Waals surface area contributed by atoms with Crippen LogP contribution in [-0.2, 0) is 6.54 Å². The highest BCUT2D eigenvalue weighted by molar-refractivity contribution is 8.34. The molecule has 1 nitrogen and oxygen atoms in total. The minimum absolute atomic E-state index is 0.0893. The number of anilines is 1. The summed E-state index contributed by atoms with van der Waals surface area (Å²) in [7, 11) is -1.66. The van der Waals surface area contributed by atoms with Crippen LogP contribution in [0.5, 0.6) is 0 Å². The Balaban J connectivity index is 1.46. The molecule has 1 aliphatic rings. The smallest absolute Gasteiger partial charge is 0.0435 e. The molecule has 5 aromatic rings.